The van der Waals surface area contributed by atoms with E-state index in [1.54, 1.807) is 48.5 Å². The number of imide groups is 2. The van der Waals surface area contributed by atoms with Gasteiger partial charge in [-0.05, 0) is 72.3 Å². The maximum atomic E-state index is 12.9. The topological polar surface area (TPSA) is 105 Å². The van der Waals surface area contributed by atoms with Gasteiger partial charge >= 0.3 is 6.03 Å². The molecule has 0 aromatic heterocycles. The first-order valence-corrected chi connectivity index (χ1v) is 11.0. The molecule has 0 atom stereocenters. The number of amides is 5. The molecule has 1 aliphatic heterocycles. The standard InChI is InChI=1S/C25H17Cl2N3O5/c26-16-3-7-18(8-4-16)28-22(31)14-35-20-11-1-15(2-12-20)13-21-23(32)29-25(34)30(24(21)33)19-9-5-17(27)6-10-19/h1-13H,14H2,(H,28,31)(H,29,32,34)/b21-13+. The fourth-order valence-electron chi connectivity index (χ4n) is 3.19. The zero-order chi connectivity index (χ0) is 24.9. The van der Waals surface area contributed by atoms with E-state index < -0.39 is 17.8 Å². The minimum atomic E-state index is -0.847. The molecule has 1 fully saturated rings. The summed E-state index contributed by atoms with van der Waals surface area (Å²) in [4.78, 5) is 50.4. The van der Waals surface area contributed by atoms with E-state index in [0.717, 1.165) is 4.90 Å². The van der Waals surface area contributed by atoms with Crippen LogP contribution in [0.3, 0.4) is 0 Å². The van der Waals surface area contributed by atoms with Gasteiger partial charge in [0.1, 0.15) is 11.3 Å². The molecular weight excluding hydrogens is 493 g/mol. The van der Waals surface area contributed by atoms with Gasteiger partial charge in [-0.15, -0.1) is 0 Å². The number of urea groups is 1. The molecule has 5 amide bonds. The first kappa shape index (κ1) is 24.0. The maximum Gasteiger partial charge on any atom is 0.335 e. The highest BCUT2D eigenvalue weighted by molar-refractivity contribution is 6.39. The van der Waals surface area contributed by atoms with Gasteiger partial charge in [-0.2, -0.15) is 0 Å². The van der Waals surface area contributed by atoms with E-state index in [9.17, 15) is 19.2 Å². The molecule has 3 aromatic rings. The lowest BCUT2D eigenvalue weighted by molar-refractivity contribution is -0.122. The lowest BCUT2D eigenvalue weighted by atomic mass is 10.1. The summed E-state index contributed by atoms with van der Waals surface area (Å²) in [6, 6.07) is 18.3. The van der Waals surface area contributed by atoms with Crippen LogP contribution in [0.4, 0.5) is 16.2 Å². The summed E-state index contributed by atoms with van der Waals surface area (Å²) in [7, 11) is 0. The number of carbonyl (C=O) groups excluding carboxylic acids is 4. The lowest BCUT2D eigenvalue weighted by Crippen LogP contribution is -2.54. The van der Waals surface area contributed by atoms with E-state index in [4.69, 9.17) is 27.9 Å². The van der Waals surface area contributed by atoms with Gasteiger partial charge in [0.05, 0.1) is 5.69 Å². The van der Waals surface area contributed by atoms with Crippen LogP contribution in [0.5, 0.6) is 5.75 Å². The van der Waals surface area contributed by atoms with Crippen molar-refractivity contribution in [3.8, 4) is 5.75 Å². The molecule has 0 saturated carbocycles. The second-order valence-corrected chi connectivity index (χ2v) is 8.22. The molecule has 0 aliphatic carbocycles. The monoisotopic (exact) mass is 509 g/mol. The Bertz CT molecular complexity index is 1320. The van der Waals surface area contributed by atoms with Gasteiger partial charge in [-0.25, -0.2) is 9.69 Å². The van der Waals surface area contributed by atoms with Crippen molar-refractivity contribution in [2.45, 2.75) is 0 Å². The van der Waals surface area contributed by atoms with Gasteiger partial charge < -0.3 is 10.1 Å². The van der Waals surface area contributed by atoms with Crippen molar-refractivity contribution in [3.05, 3.63) is 94.0 Å². The summed E-state index contributed by atoms with van der Waals surface area (Å²) >= 11 is 11.7. The second-order valence-electron chi connectivity index (χ2n) is 7.35. The van der Waals surface area contributed by atoms with Crippen LogP contribution in [0.1, 0.15) is 5.56 Å². The molecule has 1 heterocycles. The van der Waals surface area contributed by atoms with Crippen molar-refractivity contribution in [3.63, 3.8) is 0 Å². The van der Waals surface area contributed by atoms with E-state index in [1.807, 2.05) is 0 Å². The molecule has 1 aliphatic rings. The third-order valence-corrected chi connectivity index (χ3v) is 5.38. The first-order chi connectivity index (χ1) is 16.8. The van der Waals surface area contributed by atoms with E-state index in [1.165, 1.54) is 30.3 Å². The second kappa shape index (κ2) is 10.4. The van der Waals surface area contributed by atoms with Crippen molar-refractivity contribution in [2.75, 3.05) is 16.8 Å². The molecule has 0 unspecified atom stereocenters. The first-order valence-electron chi connectivity index (χ1n) is 10.3. The number of nitrogens with zero attached hydrogens (tertiary/aromatic N) is 1. The average Bonchev–Trinajstić information content (AvgIpc) is 2.84. The van der Waals surface area contributed by atoms with E-state index in [2.05, 4.69) is 10.6 Å². The predicted octanol–water partition coefficient (Wildman–Crippen LogP) is 4.68. The van der Waals surface area contributed by atoms with Crippen molar-refractivity contribution < 1.29 is 23.9 Å². The molecule has 1 saturated heterocycles. The fourth-order valence-corrected chi connectivity index (χ4v) is 3.44. The molecule has 176 valence electrons. The summed E-state index contributed by atoms with van der Waals surface area (Å²) in [5, 5.41) is 5.85. The van der Waals surface area contributed by atoms with Crippen LogP contribution in [0.25, 0.3) is 6.08 Å². The smallest absolute Gasteiger partial charge is 0.335 e. The number of hydrogen-bond donors (Lipinski definition) is 2. The SMILES string of the molecule is O=C(COc1ccc(/C=C2\C(=O)NC(=O)N(c3ccc(Cl)cc3)C2=O)cc1)Nc1ccc(Cl)cc1. The number of nitrogens with one attached hydrogen (secondary N) is 2. The zero-order valence-corrected chi connectivity index (χ0v) is 19.5. The predicted molar refractivity (Wildman–Crippen MR) is 132 cm³/mol. The van der Waals surface area contributed by atoms with Crippen LogP contribution in [0.2, 0.25) is 10.0 Å². The molecule has 2 N–H and O–H groups in total. The Morgan fingerprint density at radius 1 is 0.886 bits per heavy atom. The average molecular weight is 510 g/mol. The van der Waals surface area contributed by atoms with Crippen molar-refractivity contribution in [2.24, 2.45) is 0 Å². The minimum Gasteiger partial charge on any atom is -0.484 e. The number of carbonyl (C=O) groups is 4. The Morgan fingerprint density at radius 3 is 2.11 bits per heavy atom. The van der Waals surface area contributed by atoms with Gasteiger partial charge in [0.15, 0.2) is 6.61 Å². The number of halogens is 2. The zero-order valence-electron chi connectivity index (χ0n) is 18.0. The van der Waals surface area contributed by atoms with Crippen LogP contribution in [0.15, 0.2) is 78.4 Å². The lowest BCUT2D eigenvalue weighted by Gasteiger charge is -2.26. The van der Waals surface area contributed by atoms with E-state index >= 15 is 0 Å². The Morgan fingerprint density at radius 2 is 1.49 bits per heavy atom. The third kappa shape index (κ3) is 5.87. The van der Waals surface area contributed by atoms with Crippen LogP contribution < -0.4 is 20.3 Å². The van der Waals surface area contributed by atoms with Gasteiger partial charge in [-0.3, -0.25) is 19.7 Å². The summed E-state index contributed by atoms with van der Waals surface area (Å²) < 4.78 is 5.48. The van der Waals surface area contributed by atoms with Gasteiger partial charge in [0, 0.05) is 15.7 Å². The quantitative estimate of drug-likeness (QED) is 0.370. The van der Waals surface area contributed by atoms with Crippen molar-refractivity contribution in [1.82, 2.24) is 5.32 Å². The van der Waals surface area contributed by atoms with Crippen LogP contribution in [-0.4, -0.2) is 30.4 Å². The molecule has 0 spiro atoms. The summed E-state index contributed by atoms with van der Waals surface area (Å²) in [5.74, 6) is -1.50. The number of hydrogen-bond acceptors (Lipinski definition) is 5. The molecule has 4 rings (SSSR count). The highest BCUT2D eigenvalue weighted by Crippen LogP contribution is 2.24. The Hall–Kier alpha value is -4.14. The molecule has 10 heteroatoms. The maximum absolute atomic E-state index is 12.9. The van der Waals surface area contributed by atoms with Crippen LogP contribution >= 0.6 is 23.2 Å². The molecule has 8 nitrogen and oxygen atoms in total. The molecule has 0 radical (unpaired) electrons. The normalized spacial score (nSPS) is 14.6. The Kier molecular flexibility index (Phi) is 7.14. The van der Waals surface area contributed by atoms with Gasteiger partial charge in [0.25, 0.3) is 17.7 Å². The van der Waals surface area contributed by atoms with Crippen molar-refractivity contribution in [1.29, 1.82) is 0 Å². The fraction of sp³-hybridized carbons (Fsp3) is 0.0400. The molecular formula is C25H17Cl2N3O5. The summed E-state index contributed by atoms with van der Waals surface area (Å²) in [6.45, 7) is -0.220. The molecule has 3 aromatic carbocycles. The molecule has 0 bridgehead atoms. The third-order valence-electron chi connectivity index (χ3n) is 4.88. The number of benzene rings is 3. The Labute approximate surface area is 210 Å². The van der Waals surface area contributed by atoms with Crippen LogP contribution in [0, 0.1) is 0 Å². The summed E-state index contributed by atoms with van der Waals surface area (Å²) in [5.41, 5.74) is 1.17. The Balaban J connectivity index is 1.42. The highest BCUT2D eigenvalue weighted by Gasteiger charge is 2.36. The van der Waals surface area contributed by atoms with E-state index in [-0.39, 0.29) is 23.8 Å². The van der Waals surface area contributed by atoms with Gasteiger partial charge in [0.2, 0.25) is 0 Å². The summed E-state index contributed by atoms with van der Waals surface area (Å²) in [6.07, 6.45) is 1.37. The van der Waals surface area contributed by atoms with Crippen LogP contribution in [-0.2, 0) is 14.4 Å². The minimum absolute atomic E-state index is 0.212. The highest BCUT2D eigenvalue weighted by atomic mass is 35.5. The van der Waals surface area contributed by atoms with E-state index in [0.29, 0.717) is 27.0 Å². The largest absolute Gasteiger partial charge is 0.484 e. The van der Waals surface area contributed by atoms with Crippen molar-refractivity contribution >= 4 is 64.4 Å². The number of barbiturate groups is 1. The van der Waals surface area contributed by atoms with Gasteiger partial charge in [-0.1, -0.05) is 35.3 Å². The number of anilines is 2. The number of rotatable bonds is 6. The number of ether oxygens (including phenoxy) is 1. The molecule has 35 heavy (non-hydrogen) atoms.